The first-order valence-corrected chi connectivity index (χ1v) is 5.48. The van der Waals surface area contributed by atoms with Crippen molar-refractivity contribution < 1.29 is 17.9 Å². The molecule has 0 spiro atoms. The molecule has 2 atom stereocenters. The summed E-state index contributed by atoms with van der Waals surface area (Å²) in [5, 5.41) is 0. The molecule has 2 rings (SSSR count). The highest BCUT2D eigenvalue weighted by atomic mass is 19.4. The Morgan fingerprint density at radius 1 is 1.47 bits per heavy atom. The van der Waals surface area contributed by atoms with Crippen LogP contribution in [0.15, 0.2) is 18.2 Å². The van der Waals surface area contributed by atoms with E-state index in [1.165, 1.54) is 6.07 Å². The lowest BCUT2D eigenvalue weighted by Crippen LogP contribution is -2.25. The van der Waals surface area contributed by atoms with Gasteiger partial charge in [-0.25, -0.2) is 0 Å². The number of ether oxygens (including phenoxy) is 1. The van der Waals surface area contributed by atoms with Crippen LogP contribution < -0.4 is 10.5 Å². The molecule has 0 fully saturated rings. The fourth-order valence-electron chi connectivity index (χ4n) is 2.02. The summed E-state index contributed by atoms with van der Waals surface area (Å²) < 4.78 is 42.9. The molecular weight excluding hydrogens is 231 g/mol. The lowest BCUT2D eigenvalue weighted by atomic mass is 10.0. The molecule has 5 heteroatoms. The summed E-state index contributed by atoms with van der Waals surface area (Å²) in [6.07, 6.45) is -3.14. The molecule has 2 unspecified atom stereocenters. The van der Waals surface area contributed by atoms with Crippen molar-refractivity contribution in [3.05, 3.63) is 29.3 Å². The Morgan fingerprint density at radius 3 is 2.76 bits per heavy atom. The molecule has 2 nitrogen and oxygen atoms in total. The second-order valence-electron chi connectivity index (χ2n) is 4.48. The third kappa shape index (κ3) is 2.72. The van der Waals surface area contributed by atoms with Crippen LogP contribution in [0.1, 0.15) is 24.5 Å². The first-order valence-electron chi connectivity index (χ1n) is 5.48. The predicted octanol–water partition coefficient (Wildman–Crippen LogP) is 2.75. The van der Waals surface area contributed by atoms with Crippen molar-refractivity contribution in [1.29, 1.82) is 0 Å². The zero-order valence-corrected chi connectivity index (χ0v) is 9.42. The lowest BCUT2D eigenvalue weighted by molar-refractivity contribution is -0.137. The van der Waals surface area contributed by atoms with Crippen LogP contribution in [-0.2, 0) is 12.6 Å². The van der Waals surface area contributed by atoms with E-state index in [1.807, 2.05) is 6.92 Å². The van der Waals surface area contributed by atoms with Gasteiger partial charge in [0.1, 0.15) is 11.9 Å². The Labute approximate surface area is 97.6 Å². The summed E-state index contributed by atoms with van der Waals surface area (Å²) in [4.78, 5) is 0. The Bertz CT molecular complexity index is 415. The number of benzene rings is 1. The highest BCUT2D eigenvalue weighted by Crippen LogP contribution is 2.37. The van der Waals surface area contributed by atoms with Crippen LogP contribution in [0.25, 0.3) is 0 Å². The van der Waals surface area contributed by atoms with Gasteiger partial charge in [-0.05, 0) is 31.0 Å². The molecule has 17 heavy (non-hydrogen) atoms. The largest absolute Gasteiger partial charge is 0.490 e. The average Bonchev–Trinajstić information content (AvgIpc) is 2.55. The quantitative estimate of drug-likeness (QED) is 0.869. The van der Waals surface area contributed by atoms with Crippen LogP contribution >= 0.6 is 0 Å². The summed E-state index contributed by atoms with van der Waals surface area (Å²) in [6, 6.07) is 3.63. The van der Waals surface area contributed by atoms with Gasteiger partial charge in [-0.1, -0.05) is 6.07 Å². The lowest BCUT2D eigenvalue weighted by Gasteiger charge is -2.13. The maximum atomic E-state index is 12.5. The van der Waals surface area contributed by atoms with E-state index in [9.17, 15) is 13.2 Å². The molecule has 0 radical (unpaired) electrons. The minimum absolute atomic E-state index is 0.0172. The van der Waals surface area contributed by atoms with Gasteiger partial charge in [0.25, 0.3) is 0 Å². The molecule has 1 heterocycles. The summed E-state index contributed by atoms with van der Waals surface area (Å²) in [5.41, 5.74) is 5.80. The third-order valence-corrected chi connectivity index (χ3v) is 2.77. The Kier molecular flexibility index (Phi) is 3.03. The van der Waals surface area contributed by atoms with E-state index in [2.05, 4.69) is 0 Å². The summed E-state index contributed by atoms with van der Waals surface area (Å²) >= 11 is 0. The molecular formula is C12H14F3NO. The number of hydrogen-bond acceptors (Lipinski definition) is 2. The average molecular weight is 245 g/mol. The number of fused-ring (bicyclic) bond motifs is 1. The van der Waals surface area contributed by atoms with Gasteiger partial charge in [0.05, 0.1) is 5.56 Å². The van der Waals surface area contributed by atoms with Crippen LogP contribution in [0.5, 0.6) is 5.75 Å². The fourth-order valence-corrected chi connectivity index (χ4v) is 2.02. The molecule has 0 bridgehead atoms. The minimum atomic E-state index is -4.32. The van der Waals surface area contributed by atoms with E-state index in [1.54, 1.807) is 0 Å². The van der Waals surface area contributed by atoms with Gasteiger partial charge in [0.2, 0.25) is 0 Å². The highest BCUT2D eigenvalue weighted by molar-refractivity contribution is 5.41. The second-order valence-corrected chi connectivity index (χ2v) is 4.48. The van der Waals surface area contributed by atoms with Crippen molar-refractivity contribution in [2.24, 2.45) is 5.73 Å². The minimum Gasteiger partial charge on any atom is -0.490 e. The Morgan fingerprint density at radius 2 is 2.18 bits per heavy atom. The molecule has 0 saturated carbocycles. The van der Waals surface area contributed by atoms with Gasteiger partial charge in [0.15, 0.2) is 0 Å². The molecule has 0 aliphatic carbocycles. The number of alkyl halides is 3. The van der Waals surface area contributed by atoms with E-state index in [0.717, 1.165) is 17.7 Å². The zero-order chi connectivity index (χ0) is 12.6. The van der Waals surface area contributed by atoms with E-state index < -0.39 is 11.7 Å². The van der Waals surface area contributed by atoms with Crippen LogP contribution in [0.4, 0.5) is 13.2 Å². The van der Waals surface area contributed by atoms with Gasteiger partial charge in [-0.3, -0.25) is 0 Å². The van der Waals surface area contributed by atoms with Gasteiger partial charge >= 0.3 is 6.18 Å². The van der Waals surface area contributed by atoms with Gasteiger partial charge in [-0.15, -0.1) is 0 Å². The molecule has 94 valence electrons. The van der Waals surface area contributed by atoms with Crippen molar-refractivity contribution in [2.75, 3.05) is 0 Å². The molecule has 2 N–H and O–H groups in total. The predicted molar refractivity (Wildman–Crippen MR) is 57.8 cm³/mol. The van der Waals surface area contributed by atoms with Crippen molar-refractivity contribution in [3.8, 4) is 5.75 Å². The summed E-state index contributed by atoms with van der Waals surface area (Å²) in [6.45, 7) is 1.85. The number of halogens is 3. The van der Waals surface area contributed by atoms with Crippen LogP contribution in [0, 0.1) is 0 Å². The fraction of sp³-hybridized carbons (Fsp3) is 0.500. The highest BCUT2D eigenvalue weighted by Gasteiger charge is 2.33. The van der Waals surface area contributed by atoms with Gasteiger partial charge in [-0.2, -0.15) is 13.2 Å². The number of rotatable bonds is 2. The molecule has 1 aromatic carbocycles. The van der Waals surface area contributed by atoms with Crippen molar-refractivity contribution in [1.82, 2.24) is 0 Å². The van der Waals surface area contributed by atoms with Crippen LogP contribution in [-0.4, -0.2) is 12.1 Å². The zero-order valence-electron chi connectivity index (χ0n) is 9.42. The van der Waals surface area contributed by atoms with E-state index >= 15 is 0 Å². The Hall–Kier alpha value is -1.23. The molecule has 1 aliphatic rings. The maximum absolute atomic E-state index is 12.5. The molecule has 0 aromatic heterocycles. The topological polar surface area (TPSA) is 35.2 Å². The first-order chi connectivity index (χ1) is 7.86. The standard InChI is InChI=1S/C12H14F3NO/c1-7(16)4-10-5-8-2-3-9(12(13,14)15)6-11(8)17-10/h2-3,6-7,10H,4-5,16H2,1H3. The number of hydrogen-bond donors (Lipinski definition) is 1. The van der Waals surface area contributed by atoms with E-state index in [-0.39, 0.29) is 12.1 Å². The SMILES string of the molecule is CC(N)CC1Cc2ccc(C(F)(F)F)cc2O1. The molecule has 1 aromatic rings. The Balaban J connectivity index is 2.17. The molecule has 1 aliphatic heterocycles. The molecule has 0 amide bonds. The first kappa shape index (κ1) is 12.2. The number of nitrogens with two attached hydrogens (primary N) is 1. The van der Waals surface area contributed by atoms with Crippen molar-refractivity contribution in [3.63, 3.8) is 0 Å². The second kappa shape index (κ2) is 4.22. The smallest absolute Gasteiger partial charge is 0.416 e. The van der Waals surface area contributed by atoms with Gasteiger partial charge in [0, 0.05) is 12.5 Å². The van der Waals surface area contributed by atoms with Crippen molar-refractivity contribution in [2.45, 2.75) is 38.1 Å². The van der Waals surface area contributed by atoms with Gasteiger partial charge < -0.3 is 10.5 Å². The van der Waals surface area contributed by atoms with Crippen LogP contribution in [0.3, 0.4) is 0 Å². The summed E-state index contributed by atoms with van der Waals surface area (Å²) in [7, 11) is 0. The monoisotopic (exact) mass is 245 g/mol. The normalized spacial score (nSPS) is 20.9. The van der Waals surface area contributed by atoms with Crippen LogP contribution in [0.2, 0.25) is 0 Å². The van der Waals surface area contributed by atoms with Crippen molar-refractivity contribution >= 4 is 0 Å². The van der Waals surface area contributed by atoms with E-state index in [0.29, 0.717) is 18.6 Å². The molecule has 0 saturated heterocycles. The maximum Gasteiger partial charge on any atom is 0.416 e. The van der Waals surface area contributed by atoms with E-state index in [4.69, 9.17) is 10.5 Å². The summed E-state index contributed by atoms with van der Waals surface area (Å²) in [5.74, 6) is 0.338. The third-order valence-electron chi connectivity index (χ3n) is 2.77.